The number of hydrogen-bond acceptors (Lipinski definition) is 5. The zero-order chi connectivity index (χ0) is 24.5. The molecule has 9 heteroatoms. The molecule has 2 aromatic heterocycles. The van der Waals surface area contributed by atoms with Crippen molar-refractivity contribution in [1.29, 1.82) is 0 Å². The molecule has 2 aromatic carbocycles. The number of carboxylic acids is 1. The lowest BCUT2D eigenvalue weighted by Crippen LogP contribution is -2.03. The van der Waals surface area contributed by atoms with Crippen molar-refractivity contribution < 1.29 is 31.9 Å². The van der Waals surface area contributed by atoms with Gasteiger partial charge in [-0.3, -0.25) is 4.79 Å². The molecule has 0 saturated heterocycles. The van der Waals surface area contributed by atoms with Gasteiger partial charge in [0.2, 0.25) is 5.89 Å². The topological polar surface area (TPSA) is 76.5 Å². The number of halogens is 3. The fraction of sp³-hybridized carbons (Fsp3) is 0.280. The van der Waals surface area contributed by atoms with Gasteiger partial charge in [-0.1, -0.05) is 13.8 Å². The summed E-state index contributed by atoms with van der Waals surface area (Å²) in [7, 11) is 0. The molecule has 0 saturated carbocycles. The average molecular weight is 490 g/mol. The number of furan rings is 1. The van der Waals surface area contributed by atoms with Crippen molar-refractivity contribution in [1.82, 2.24) is 4.98 Å². The number of carboxylic acid groups (broad SMARTS) is 1. The number of alkyl halides is 3. The maximum absolute atomic E-state index is 12.8. The van der Waals surface area contributed by atoms with E-state index in [1.54, 1.807) is 11.8 Å². The van der Waals surface area contributed by atoms with Crippen LogP contribution in [0.5, 0.6) is 0 Å². The fourth-order valence-electron chi connectivity index (χ4n) is 3.63. The number of fused-ring (bicyclic) bond motifs is 1. The van der Waals surface area contributed by atoms with E-state index in [9.17, 15) is 18.0 Å². The Morgan fingerprint density at radius 1 is 1.15 bits per heavy atom. The number of benzene rings is 2. The molecule has 178 valence electrons. The lowest BCUT2D eigenvalue weighted by atomic mass is 10.1. The third-order valence-corrected chi connectivity index (χ3v) is 6.30. The molecule has 0 unspecified atom stereocenters. The van der Waals surface area contributed by atoms with E-state index in [0.717, 1.165) is 28.1 Å². The first-order chi connectivity index (χ1) is 16.1. The van der Waals surface area contributed by atoms with Crippen LogP contribution in [-0.4, -0.2) is 21.8 Å². The molecule has 2 heterocycles. The van der Waals surface area contributed by atoms with Crippen LogP contribution in [-0.2, 0) is 23.8 Å². The molecule has 1 N–H and O–H groups in total. The minimum Gasteiger partial charge on any atom is -0.481 e. The van der Waals surface area contributed by atoms with Crippen molar-refractivity contribution in [3.63, 3.8) is 0 Å². The summed E-state index contributed by atoms with van der Waals surface area (Å²) in [6.45, 7) is 3.98. The predicted molar refractivity (Wildman–Crippen MR) is 123 cm³/mol. The second-order valence-corrected chi connectivity index (χ2v) is 9.31. The van der Waals surface area contributed by atoms with Crippen LogP contribution in [0.3, 0.4) is 0 Å². The summed E-state index contributed by atoms with van der Waals surface area (Å²) in [5.74, 6) is 0.889. The van der Waals surface area contributed by atoms with Crippen molar-refractivity contribution in [3.05, 3.63) is 71.3 Å². The first-order valence-corrected chi connectivity index (χ1v) is 11.6. The van der Waals surface area contributed by atoms with Crippen molar-refractivity contribution in [2.24, 2.45) is 0 Å². The summed E-state index contributed by atoms with van der Waals surface area (Å²) >= 11 is 1.59. The van der Waals surface area contributed by atoms with Gasteiger partial charge in [-0.2, -0.15) is 13.2 Å². The second kappa shape index (κ2) is 9.58. The highest BCUT2D eigenvalue weighted by Gasteiger charge is 2.30. The molecule has 34 heavy (non-hydrogen) atoms. The van der Waals surface area contributed by atoms with E-state index in [1.165, 1.54) is 18.4 Å². The zero-order valence-corrected chi connectivity index (χ0v) is 19.3. The van der Waals surface area contributed by atoms with Crippen LogP contribution in [0.1, 0.15) is 42.3 Å². The highest BCUT2D eigenvalue weighted by Crippen LogP contribution is 2.33. The first-order valence-electron chi connectivity index (χ1n) is 10.6. The summed E-state index contributed by atoms with van der Waals surface area (Å²) in [5, 5.41) is 9.78. The summed E-state index contributed by atoms with van der Waals surface area (Å²) in [6, 6.07) is 10.4. The van der Waals surface area contributed by atoms with Crippen LogP contribution < -0.4 is 0 Å². The summed E-state index contributed by atoms with van der Waals surface area (Å²) in [5.41, 5.74) is 1.84. The van der Waals surface area contributed by atoms with E-state index < -0.39 is 17.7 Å². The summed E-state index contributed by atoms with van der Waals surface area (Å²) in [6.07, 6.45) is -2.42. The number of aromatic nitrogens is 1. The Balaban J connectivity index is 1.46. The number of nitrogens with zero attached hydrogens (tertiary/aromatic N) is 1. The number of oxazole rings is 1. The molecule has 4 rings (SSSR count). The lowest BCUT2D eigenvalue weighted by Gasteiger charge is -2.06. The third kappa shape index (κ3) is 5.30. The Morgan fingerprint density at radius 2 is 1.88 bits per heavy atom. The second-order valence-electron chi connectivity index (χ2n) is 8.15. The van der Waals surface area contributed by atoms with Gasteiger partial charge in [0.05, 0.1) is 23.9 Å². The first kappa shape index (κ1) is 23.9. The van der Waals surface area contributed by atoms with Gasteiger partial charge < -0.3 is 13.9 Å². The lowest BCUT2D eigenvalue weighted by molar-refractivity contribution is -0.138. The zero-order valence-electron chi connectivity index (χ0n) is 18.5. The van der Waals surface area contributed by atoms with Crippen molar-refractivity contribution in [2.45, 2.75) is 43.7 Å². The van der Waals surface area contributed by atoms with Crippen LogP contribution in [0, 0.1) is 0 Å². The molecule has 0 radical (unpaired) electrons. The van der Waals surface area contributed by atoms with Crippen molar-refractivity contribution >= 4 is 28.7 Å². The van der Waals surface area contributed by atoms with Gasteiger partial charge in [0.15, 0.2) is 0 Å². The number of hydrogen-bond donors (Lipinski definition) is 1. The highest BCUT2D eigenvalue weighted by atomic mass is 32.2. The monoisotopic (exact) mass is 489 g/mol. The number of aryl methyl sites for hydroxylation is 1. The third-order valence-electron chi connectivity index (χ3n) is 5.30. The average Bonchev–Trinajstić information content (AvgIpc) is 3.37. The molecule has 4 aromatic rings. The van der Waals surface area contributed by atoms with Crippen molar-refractivity contribution in [2.75, 3.05) is 5.75 Å². The Hall–Kier alpha value is -3.20. The smallest absolute Gasteiger partial charge is 0.416 e. The maximum atomic E-state index is 12.8. The SMILES string of the molecule is CC(C)c1nc(-c2ccc(C(F)(F)F)cc2)oc1CCSc1ccc2c(CC(=O)O)coc2c1. The van der Waals surface area contributed by atoms with E-state index in [1.807, 2.05) is 32.0 Å². The largest absolute Gasteiger partial charge is 0.481 e. The highest BCUT2D eigenvalue weighted by molar-refractivity contribution is 7.99. The Labute approximate surface area is 198 Å². The van der Waals surface area contributed by atoms with Gasteiger partial charge in [0.25, 0.3) is 0 Å². The Bertz CT molecular complexity index is 1310. The molecule has 5 nitrogen and oxygen atoms in total. The van der Waals surface area contributed by atoms with Gasteiger partial charge in [0.1, 0.15) is 11.3 Å². The van der Waals surface area contributed by atoms with E-state index in [0.29, 0.717) is 40.5 Å². The minimum absolute atomic E-state index is 0.0930. The number of rotatable bonds is 8. The molecule has 0 amide bonds. The standard InChI is InChI=1S/C25H22F3NO4S/c1-14(2)23-20(33-24(29-23)15-3-5-17(6-4-15)25(26,27)28)9-10-34-18-7-8-19-16(11-22(30)31)13-32-21(19)12-18/h3-8,12-14H,9-11H2,1-2H3,(H,30,31). The maximum Gasteiger partial charge on any atom is 0.416 e. The number of aliphatic carboxylic acids is 1. The normalized spacial score (nSPS) is 12.1. The van der Waals surface area contributed by atoms with Crippen molar-refractivity contribution in [3.8, 4) is 11.5 Å². The Morgan fingerprint density at radius 3 is 2.53 bits per heavy atom. The summed E-state index contributed by atoms with van der Waals surface area (Å²) < 4.78 is 50.0. The van der Waals surface area contributed by atoms with Gasteiger partial charge in [-0.25, -0.2) is 4.98 Å². The molecular formula is C25H22F3NO4S. The number of thioether (sulfide) groups is 1. The molecule has 0 aliphatic heterocycles. The molecular weight excluding hydrogens is 467 g/mol. The minimum atomic E-state index is -4.39. The molecule has 0 aliphatic rings. The van der Waals surface area contributed by atoms with Crippen LogP contribution in [0.4, 0.5) is 13.2 Å². The van der Waals surface area contributed by atoms with E-state index in [-0.39, 0.29) is 12.3 Å². The quantitative estimate of drug-likeness (QED) is 0.264. The fourth-order valence-corrected chi connectivity index (χ4v) is 4.51. The molecule has 0 fully saturated rings. The van der Waals surface area contributed by atoms with Gasteiger partial charge >= 0.3 is 12.1 Å². The van der Waals surface area contributed by atoms with Crippen LogP contribution >= 0.6 is 11.8 Å². The van der Waals surface area contributed by atoms with Crippen LogP contribution in [0.2, 0.25) is 0 Å². The van der Waals surface area contributed by atoms with Gasteiger partial charge in [0, 0.05) is 33.6 Å². The molecule has 0 aliphatic carbocycles. The van der Waals surface area contributed by atoms with Gasteiger partial charge in [-0.15, -0.1) is 11.8 Å². The van der Waals surface area contributed by atoms with Crippen LogP contribution in [0.15, 0.2) is 62.5 Å². The summed E-state index contributed by atoms with van der Waals surface area (Å²) in [4.78, 5) is 16.5. The van der Waals surface area contributed by atoms with E-state index in [2.05, 4.69) is 4.98 Å². The van der Waals surface area contributed by atoms with E-state index >= 15 is 0 Å². The predicted octanol–water partition coefficient (Wildman–Crippen LogP) is 7.19. The Kier molecular flexibility index (Phi) is 6.74. The van der Waals surface area contributed by atoms with E-state index in [4.69, 9.17) is 13.9 Å². The number of carbonyl (C=O) groups is 1. The molecule has 0 bridgehead atoms. The molecule has 0 spiro atoms. The van der Waals surface area contributed by atoms with Gasteiger partial charge in [-0.05, 0) is 48.4 Å². The molecule has 0 atom stereocenters. The van der Waals surface area contributed by atoms with Crippen LogP contribution in [0.25, 0.3) is 22.4 Å².